The lowest BCUT2D eigenvalue weighted by molar-refractivity contribution is -0.116. The van der Waals surface area contributed by atoms with Crippen LogP contribution in [0, 0.1) is 0 Å². The SMILES string of the molecule is COc1ccc(CCC(=O)Nc2nc(C(C)=O)cs2)cc1. The molecule has 0 bridgehead atoms. The summed E-state index contributed by atoms with van der Waals surface area (Å²) >= 11 is 1.25. The molecule has 2 rings (SSSR count). The lowest BCUT2D eigenvalue weighted by Gasteiger charge is -2.04. The van der Waals surface area contributed by atoms with Crippen molar-refractivity contribution >= 4 is 28.2 Å². The van der Waals surface area contributed by atoms with E-state index in [1.807, 2.05) is 24.3 Å². The number of hydrogen-bond donors (Lipinski definition) is 1. The molecule has 110 valence electrons. The summed E-state index contributed by atoms with van der Waals surface area (Å²) in [4.78, 5) is 27.0. The zero-order valence-electron chi connectivity index (χ0n) is 11.9. The van der Waals surface area contributed by atoms with Gasteiger partial charge >= 0.3 is 0 Å². The van der Waals surface area contributed by atoms with E-state index in [9.17, 15) is 9.59 Å². The number of ether oxygens (including phenoxy) is 1. The highest BCUT2D eigenvalue weighted by atomic mass is 32.1. The van der Waals surface area contributed by atoms with E-state index in [1.165, 1.54) is 18.3 Å². The minimum Gasteiger partial charge on any atom is -0.497 e. The molecule has 0 aliphatic heterocycles. The van der Waals surface area contributed by atoms with E-state index >= 15 is 0 Å². The van der Waals surface area contributed by atoms with Crippen LogP contribution < -0.4 is 10.1 Å². The molecule has 0 spiro atoms. The van der Waals surface area contributed by atoms with Gasteiger partial charge in [-0.1, -0.05) is 12.1 Å². The van der Waals surface area contributed by atoms with Gasteiger partial charge in [0.05, 0.1) is 7.11 Å². The standard InChI is InChI=1S/C15H16N2O3S/c1-10(18)13-9-21-15(16-13)17-14(19)8-5-11-3-6-12(20-2)7-4-11/h3-4,6-7,9H,5,8H2,1-2H3,(H,16,17,19). The van der Waals surface area contributed by atoms with Crippen molar-refractivity contribution in [1.82, 2.24) is 4.98 Å². The minimum absolute atomic E-state index is 0.106. The van der Waals surface area contributed by atoms with Crippen LogP contribution >= 0.6 is 11.3 Å². The molecule has 1 N–H and O–H groups in total. The lowest BCUT2D eigenvalue weighted by Crippen LogP contribution is -2.12. The fraction of sp³-hybridized carbons (Fsp3) is 0.267. The van der Waals surface area contributed by atoms with Crippen molar-refractivity contribution in [2.45, 2.75) is 19.8 Å². The Kier molecular flexibility index (Phi) is 5.05. The number of nitrogens with one attached hydrogen (secondary N) is 1. The molecular weight excluding hydrogens is 288 g/mol. The van der Waals surface area contributed by atoms with Gasteiger partial charge in [-0.25, -0.2) is 4.98 Å². The van der Waals surface area contributed by atoms with Crippen LogP contribution in [0.1, 0.15) is 29.4 Å². The van der Waals surface area contributed by atoms with Crippen molar-refractivity contribution in [3.05, 3.63) is 40.9 Å². The fourth-order valence-corrected chi connectivity index (χ4v) is 2.49. The van der Waals surface area contributed by atoms with Gasteiger partial charge in [0.25, 0.3) is 0 Å². The quantitative estimate of drug-likeness (QED) is 0.833. The normalized spacial score (nSPS) is 10.2. The number of amides is 1. The summed E-state index contributed by atoms with van der Waals surface area (Å²) in [6.45, 7) is 1.45. The highest BCUT2D eigenvalue weighted by molar-refractivity contribution is 7.14. The second kappa shape index (κ2) is 6.99. The fourth-order valence-electron chi connectivity index (χ4n) is 1.72. The summed E-state index contributed by atoms with van der Waals surface area (Å²) in [6, 6.07) is 7.60. The predicted octanol–water partition coefficient (Wildman–Crippen LogP) is 2.93. The van der Waals surface area contributed by atoms with Crippen LogP contribution in [0.3, 0.4) is 0 Å². The molecule has 0 atom stereocenters. The van der Waals surface area contributed by atoms with Crippen LogP contribution in [0.25, 0.3) is 0 Å². The Morgan fingerprint density at radius 3 is 2.57 bits per heavy atom. The number of carbonyl (C=O) groups is 2. The number of nitrogens with zero attached hydrogens (tertiary/aromatic N) is 1. The van der Waals surface area contributed by atoms with Crippen molar-refractivity contribution in [1.29, 1.82) is 0 Å². The molecule has 1 amide bonds. The summed E-state index contributed by atoms with van der Waals surface area (Å²) in [5.41, 5.74) is 1.44. The van der Waals surface area contributed by atoms with Gasteiger partial charge in [0.2, 0.25) is 5.91 Å². The molecule has 21 heavy (non-hydrogen) atoms. The monoisotopic (exact) mass is 304 g/mol. The number of methoxy groups -OCH3 is 1. The number of carbonyl (C=O) groups excluding carboxylic acids is 2. The highest BCUT2D eigenvalue weighted by Gasteiger charge is 2.09. The zero-order chi connectivity index (χ0) is 15.2. The van der Waals surface area contributed by atoms with Crippen molar-refractivity contribution in [3.8, 4) is 5.75 Å². The molecule has 2 aromatic rings. The molecule has 1 aromatic heterocycles. The van der Waals surface area contributed by atoms with E-state index in [-0.39, 0.29) is 11.7 Å². The van der Waals surface area contributed by atoms with E-state index in [2.05, 4.69) is 10.3 Å². The van der Waals surface area contributed by atoms with Crippen LogP contribution in [0.4, 0.5) is 5.13 Å². The summed E-state index contributed by atoms with van der Waals surface area (Å²) in [5.74, 6) is 0.572. The van der Waals surface area contributed by atoms with Gasteiger partial charge in [-0.05, 0) is 24.1 Å². The van der Waals surface area contributed by atoms with Crippen molar-refractivity contribution < 1.29 is 14.3 Å². The molecule has 0 unspecified atom stereocenters. The first kappa shape index (κ1) is 15.2. The highest BCUT2D eigenvalue weighted by Crippen LogP contribution is 2.17. The average molecular weight is 304 g/mol. The van der Waals surface area contributed by atoms with Crippen LogP contribution in [-0.4, -0.2) is 23.8 Å². The molecule has 1 heterocycles. The van der Waals surface area contributed by atoms with E-state index in [4.69, 9.17) is 4.74 Å². The summed E-state index contributed by atoms with van der Waals surface area (Å²) in [7, 11) is 1.62. The maximum absolute atomic E-state index is 11.8. The van der Waals surface area contributed by atoms with Gasteiger partial charge in [-0.15, -0.1) is 11.3 Å². The Hall–Kier alpha value is -2.21. The van der Waals surface area contributed by atoms with Crippen molar-refractivity contribution in [2.24, 2.45) is 0 Å². The molecule has 0 fully saturated rings. The van der Waals surface area contributed by atoms with Crippen molar-refractivity contribution in [2.75, 3.05) is 12.4 Å². The first-order valence-electron chi connectivity index (χ1n) is 6.47. The Labute approximate surface area is 127 Å². The molecule has 1 aromatic carbocycles. The van der Waals surface area contributed by atoms with Crippen LogP contribution in [0.2, 0.25) is 0 Å². The summed E-state index contributed by atoms with van der Waals surface area (Å²) < 4.78 is 5.08. The molecule has 0 aliphatic carbocycles. The van der Waals surface area contributed by atoms with Crippen LogP contribution in [0.5, 0.6) is 5.75 Å². The summed E-state index contributed by atoms with van der Waals surface area (Å²) in [5, 5.41) is 4.80. The van der Waals surface area contributed by atoms with E-state index in [0.717, 1.165) is 11.3 Å². The zero-order valence-corrected chi connectivity index (χ0v) is 12.7. The van der Waals surface area contributed by atoms with Gasteiger partial charge in [0.15, 0.2) is 10.9 Å². The summed E-state index contributed by atoms with van der Waals surface area (Å²) in [6.07, 6.45) is 1.00. The third kappa shape index (κ3) is 4.39. The number of anilines is 1. The lowest BCUT2D eigenvalue weighted by atomic mass is 10.1. The third-order valence-electron chi connectivity index (χ3n) is 2.91. The van der Waals surface area contributed by atoms with Gasteiger partial charge in [-0.3, -0.25) is 9.59 Å². The Balaban J connectivity index is 1.84. The molecule has 6 heteroatoms. The topological polar surface area (TPSA) is 68.3 Å². The first-order valence-corrected chi connectivity index (χ1v) is 7.35. The molecule has 5 nitrogen and oxygen atoms in total. The number of ketones is 1. The van der Waals surface area contributed by atoms with Gasteiger partial charge in [0, 0.05) is 18.7 Å². The average Bonchev–Trinajstić information content (AvgIpc) is 2.94. The maximum Gasteiger partial charge on any atom is 0.226 e. The number of benzene rings is 1. The Bertz CT molecular complexity index is 635. The van der Waals surface area contributed by atoms with Gasteiger partial charge in [-0.2, -0.15) is 0 Å². The molecular formula is C15H16N2O3S. The Morgan fingerprint density at radius 1 is 1.29 bits per heavy atom. The van der Waals surface area contributed by atoms with E-state index in [0.29, 0.717) is 23.7 Å². The smallest absolute Gasteiger partial charge is 0.226 e. The molecule has 0 aliphatic rings. The minimum atomic E-state index is -0.115. The van der Waals surface area contributed by atoms with Gasteiger partial charge < -0.3 is 10.1 Å². The van der Waals surface area contributed by atoms with Crippen LogP contribution in [0.15, 0.2) is 29.6 Å². The predicted molar refractivity (Wildman–Crippen MR) is 82.1 cm³/mol. The number of aromatic nitrogens is 1. The second-order valence-electron chi connectivity index (χ2n) is 4.49. The second-order valence-corrected chi connectivity index (χ2v) is 5.35. The number of thiazole rings is 1. The maximum atomic E-state index is 11.8. The molecule has 0 saturated carbocycles. The third-order valence-corrected chi connectivity index (χ3v) is 3.67. The number of hydrogen-bond acceptors (Lipinski definition) is 5. The van der Waals surface area contributed by atoms with E-state index in [1.54, 1.807) is 12.5 Å². The molecule has 0 radical (unpaired) electrons. The van der Waals surface area contributed by atoms with Crippen LogP contribution in [-0.2, 0) is 11.2 Å². The number of rotatable bonds is 6. The number of aryl methyl sites for hydroxylation is 1. The largest absolute Gasteiger partial charge is 0.497 e. The first-order chi connectivity index (χ1) is 10.1. The van der Waals surface area contributed by atoms with E-state index < -0.39 is 0 Å². The molecule has 0 saturated heterocycles. The Morgan fingerprint density at radius 2 is 2.00 bits per heavy atom. The number of Topliss-reactive ketones (excluding diaryl/α,β-unsaturated/α-hetero) is 1. The van der Waals surface area contributed by atoms with Crippen molar-refractivity contribution in [3.63, 3.8) is 0 Å². The van der Waals surface area contributed by atoms with Gasteiger partial charge in [0.1, 0.15) is 11.4 Å².